The smallest absolute Gasteiger partial charge is 0.256 e. The van der Waals surface area contributed by atoms with E-state index in [9.17, 15) is 23.2 Å². The van der Waals surface area contributed by atoms with Crippen LogP contribution >= 0.6 is 0 Å². The fourth-order valence-corrected chi connectivity index (χ4v) is 6.43. The van der Waals surface area contributed by atoms with Gasteiger partial charge in [-0.3, -0.25) is 24.3 Å². The molecule has 7 rings (SSSR count). The molecule has 2 spiro atoms. The first-order chi connectivity index (χ1) is 19.8. The Kier molecular flexibility index (Phi) is 5.75. The first-order valence-electron chi connectivity index (χ1n) is 13.4. The lowest BCUT2D eigenvalue weighted by molar-refractivity contribution is -0.136. The first-order valence-corrected chi connectivity index (χ1v) is 13.4. The second-order valence-electron chi connectivity index (χ2n) is 10.9. The van der Waals surface area contributed by atoms with Crippen LogP contribution in [0.25, 0.3) is 0 Å². The Balaban J connectivity index is 1.12. The topological polar surface area (TPSA) is 113 Å². The van der Waals surface area contributed by atoms with Crippen LogP contribution in [-0.4, -0.2) is 58.7 Å². The van der Waals surface area contributed by atoms with Crippen LogP contribution in [0, 0.1) is 11.6 Å². The molecule has 0 saturated carbocycles. The van der Waals surface area contributed by atoms with Crippen molar-refractivity contribution in [3.63, 3.8) is 0 Å². The van der Waals surface area contributed by atoms with Crippen LogP contribution in [0.2, 0.25) is 0 Å². The number of nitrogens with zero attached hydrogens (tertiary/aromatic N) is 3. The summed E-state index contributed by atoms with van der Waals surface area (Å²) in [4.78, 5) is 50.0. The summed E-state index contributed by atoms with van der Waals surface area (Å²) in [6, 6.07) is 12.2. The standard InChI is InChI=1S/C30H25F2N5O4/c31-20-10-18(11-21(32)13-20)26-36-30(5-8-41-9-6-30)28(40)37(26)16-24(38)34-22-4-3-17-14-29(15-19(17)12-22)23-2-1-7-33-25(23)35-27(29)39/h1-4,7,10-13H,5-6,8-9,14-16H2,(H,34,38)(H,33,35,39)/t29-/m1/s1. The summed E-state index contributed by atoms with van der Waals surface area (Å²) in [5.41, 5.74) is 1.53. The van der Waals surface area contributed by atoms with Gasteiger partial charge in [-0.1, -0.05) is 12.1 Å². The molecule has 208 valence electrons. The fraction of sp³-hybridized carbons (Fsp3) is 0.300. The van der Waals surface area contributed by atoms with Crippen molar-refractivity contribution in [1.82, 2.24) is 9.88 Å². The van der Waals surface area contributed by atoms with Crippen LogP contribution in [0.4, 0.5) is 20.3 Å². The van der Waals surface area contributed by atoms with Gasteiger partial charge in [0.2, 0.25) is 11.8 Å². The minimum atomic E-state index is -1.13. The van der Waals surface area contributed by atoms with E-state index in [1.807, 2.05) is 24.3 Å². The predicted octanol–water partition coefficient (Wildman–Crippen LogP) is 3.13. The number of hydrogen-bond acceptors (Lipinski definition) is 6. The molecule has 0 radical (unpaired) electrons. The van der Waals surface area contributed by atoms with Crippen molar-refractivity contribution >= 4 is 35.1 Å². The number of anilines is 2. The monoisotopic (exact) mass is 557 g/mol. The molecule has 4 aliphatic rings. The van der Waals surface area contributed by atoms with Gasteiger partial charge in [-0.05, 0) is 54.3 Å². The Morgan fingerprint density at radius 3 is 2.56 bits per heavy atom. The number of amidine groups is 1. The van der Waals surface area contributed by atoms with Crippen LogP contribution in [-0.2, 0) is 37.4 Å². The van der Waals surface area contributed by atoms with Gasteiger partial charge in [-0.15, -0.1) is 0 Å². The van der Waals surface area contributed by atoms with Gasteiger partial charge >= 0.3 is 0 Å². The second kappa shape index (κ2) is 9.27. The number of aromatic nitrogens is 1. The largest absolute Gasteiger partial charge is 0.381 e. The maximum atomic E-state index is 14.1. The lowest BCUT2D eigenvalue weighted by Gasteiger charge is -2.29. The molecule has 41 heavy (non-hydrogen) atoms. The summed E-state index contributed by atoms with van der Waals surface area (Å²) in [5, 5.41) is 5.72. The van der Waals surface area contributed by atoms with E-state index in [4.69, 9.17) is 4.74 Å². The highest BCUT2D eigenvalue weighted by Gasteiger charge is 2.52. The molecular formula is C30H25F2N5O4. The first kappa shape index (κ1) is 25.5. The Hall–Kier alpha value is -4.51. The van der Waals surface area contributed by atoms with Gasteiger partial charge in [0.05, 0.1) is 5.41 Å². The molecule has 1 atom stereocenters. The van der Waals surface area contributed by atoms with E-state index in [2.05, 4.69) is 20.6 Å². The molecule has 1 aliphatic carbocycles. The van der Waals surface area contributed by atoms with E-state index in [1.54, 1.807) is 12.3 Å². The molecule has 3 aromatic rings. The average Bonchev–Trinajstić information content (AvgIpc) is 3.55. The number of ether oxygens (including phenoxy) is 1. The third-order valence-corrected chi connectivity index (χ3v) is 8.43. The van der Waals surface area contributed by atoms with Gasteiger partial charge in [0.15, 0.2) is 0 Å². The summed E-state index contributed by atoms with van der Waals surface area (Å²) >= 11 is 0. The highest BCUT2D eigenvalue weighted by Crippen LogP contribution is 2.47. The molecular weight excluding hydrogens is 532 g/mol. The van der Waals surface area contributed by atoms with Crippen molar-refractivity contribution in [2.75, 3.05) is 30.4 Å². The third kappa shape index (κ3) is 4.10. The van der Waals surface area contributed by atoms with Crippen LogP contribution in [0.3, 0.4) is 0 Å². The number of halogens is 2. The number of carbonyl (C=O) groups is 3. The van der Waals surface area contributed by atoms with Crippen LogP contribution in [0.1, 0.15) is 35.1 Å². The number of nitrogens with one attached hydrogen (secondary N) is 2. The molecule has 9 nitrogen and oxygen atoms in total. The van der Waals surface area contributed by atoms with Gasteiger partial charge in [0.25, 0.3) is 5.91 Å². The van der Waals surface area contributed by atoms with E-state index in [1.165, 1.54) is 4.90 Å². The molecule has 1 saturated heterocycles. The molecule has 11 heteroatoms. The maximum absolute atomic E-state index is 14.1. The minimum absolute atomic E-state index is 0.0564. The highest BCUT2D eigenvalue weighted by atomic mass is 19.1. The molecule has 2 N–H and O–H groups in total. The van der Waals surface area contributed by atoms with Crippen LogP contribution in [0.15, 0.2) is 59.7 Å². The number of fused-ring (bicyclic) bond motifs is 3. The summed E-state index contributed by atoms with van der Waals surface area (Å²) < 4.78 is 33.6. The lowest BCUT2D eigenvalue weighted by atomic mass is 9.79. The predicted molar refractivity (Wildman–Crippen MR) is 144 cm³/mol. The average molecular weight is 558 g/mol. The number of rotatable bonds is 4. The number of benzene rings is 2. The Morgan fingerprint density at radius 1 is 1.02 bits per heavy atom. The van der Waals surface area contributed by atoms with Gasteiger partial charge in [0, 0.05) is 55.1 Å². The zero-order chi connectivity index (χ0) is 28.4. The number of amides is 3. The van der Waals surface area contributed by atoms with E-state index < -0.39 is 34.4 Å². The second-order valence-corrected chi connectivity index (χ2v) is 10.9. The maximum Gasteiger partial charge on any atom is 0.256 e. The zero-order valence-electron chi connectivity index (χ0n) is 21.9. The number of carbonyl (C=O) groups excluding carboxylic acids is 3. The van der Waals surface area contributed by atoms with Gasteiger partial charge in [-0.25, -0.2) is 13.8 Å². The van der Waals surface area contributed by atoms with Crippen molar-refractivity contribution in [2.45, 2.75) is 36.6 Å². The number of aliphatic imine (C=N–C) groups is 1. The van der Waals surface area contributed by atoms with Crippen molar-refractivity contribution in [3.05, 3.63) is 88.6 Å². The van der Waals surface area contributed by atoms with Gasteiger partial charge < -0.3 is 15.4 Å². The summed E-state index contributed by atoms with van der Waals surface area (Å²) in [7, 11) is 0. The van der Waals surface area contributed by atoms with E-state index in [0.29, 0.717) is 50.4 Å². The molecule has 0 unspecified atom stereocenters. The van der Waals surface area contributed by atoms with Crippen LogP contribution in [0.5, 0.6) is 0 Å². The molecule has 2 aromatic carbocycles. The van der Waals surface area contributed by atoms with Crippen molar-refractivity contribution < 1.29 is 27.9 Å². The third-order valence-electron chi connectivity index (χ3n) is 8.43. The number of hydrogen-bond donors (Lipinski definition) is 2. The lowest BCUT2D eigenvalue weighted by Crippen LogP contribution is -2.48. The zero-order valence-corrected chi connectivity index (χ0v) is 21.9. The molecule has 3 amide bonds. The van der Waals surface area contributed by atoms with E-state index in [0.717, 1.165) is 34.9 Å². The minimum Gasteiger partial charge on any atom is -0.381 e. The summed E-state index contributed by atoms with van der Waals surface area (Å²) in [6.07, 6.45) is 3.25. The van der Waals surface area contributed by atoms with Crippen molar-refractivity contribution in [1.29, 1.82) is 0 Å². The SMILES string of the molecule is O=C(CN1C(=O)C2(CCOCC2)N=C1c1cc(F)cc(F)c1)Nc1ccc2c(c1)C[C@@]1(C2)C(=O)Nc2ncccc21. The molecule has 4 heterocycles. The Morgan fingerprint density at radius 2 is 1.78 bits per heavy atom. The fourth-order valence-electron chi connectivity index (χ4n) is 6.43. The highest BCUT2D eigenvalue weighted by molar-refractivity contribution is 6.17. The normalized spacial score (nSPS) is 22.1. The van der Waals surface area contributed by atoms with Gasteiger partial charge in [-0.2, -0.15) is 0 Å². The number of pyridine rings is 1. The quantitative estimate of drug-likeness (QED) is 0.512. The molecule has 1 fully saturated rings. The van der Waals surface area contributed by atoms with Crippen molar-refractivity contribution in [2.24, 2.45) is 4.99 Å². The van der Waals surface area contributed by atoms with Crippen molar-refractivity contribution in [3.8, 4) is 0 Å². The van der Waals surface area contributed by atoms with E-state index >= 15 is 0 Å². The molecule has 0 bridgehead atoms. The van der Waals surface area contributed by atoms with E-state index in [-0.39, 0.29) is 23.9 Å². The molecule has 3 aliphatic heterocycles. The summed E-state index contributed by atoms with van der Waals surface area (Å²) in [5.74, 6) is -1.97. The van der Waals surface area contributed by atoms with Gasteiger partial charge in [0.1, 0.15) is 35.4 Å². The molecule has 1 aromatic heterocycles. The Labute approximate surface area is 233 Å². The summed E-state index contributed by atoms with van der Waals surface area (Å²) in [6.45, 7) is 0.241. The Bertz CT molecular complexity index is 1650. The van der Waals surface area contributed by atoms with Crippen LogP contribution < -0.4 is 10.6 Å².